The second-order valence-corrected chi connectivity index (χ2v) is 7.59. The summed E-state index contributed by atoms with van der Waals surface area (Å²) >= 11 is 1.16. The second-order valence-electron chi connectivity index (χ2n) is 6.65. The van der Waals surface area contributed by atoms with Gasteiger partial charge in [-0.15, -0.1) is 5.10 Å². The Morgan fingerprint density at radius 1 is 1.24 bits per heavy atom. The number of amides is 3. The molecule has 0 saturated carbocycles. The van der Waals surface area contributed by atoms with E-state index in [-0.39, 0.29) is 11.7 Å². The number of carbonyl (C=O) groups is 2. The summed E-state index contributed by atoms with van der Waals surface area (Å²) in [5.41, 5.74) is 2.25. The Labute approximate surface area is 173 Å². The predicted molar refractivity (Wildman–Crippen MR) is 112 cm³/mol. The molecule has 29 heavy (non-hydrogen) atoms. The van der Waals surface area contributed by atoms with E-state index in [1.54, 1.807) is 7.11 Å². The van der Waals surface area contributed by atoms with Crippen LogP contribution < -0.4 is 15.4 Å². The molecule has 0 spiro atoms. The summed E-state index contributed by atoms with van der Waals surface area (Å²) in [6.07, 6.45) is 7.78. The molecule has 3 rings (SSSR count). The summed E-state index contributed by atoms with van der Waals surface area (Å²) in [6.45, 7) is 0.532. The van der Waals surface area contributed by atoms with Gasteiger partial charge >= 0.3 is 6.03 Å². The first-order valence-electron chi connectivity index (χ1n) is 9.59. The van der Waals surface area contributed by atoms with E-state index >= 15 is 0 Å². The van der Waals surface area contributed by atoms with Crippen molar-refractivity contribution >= 4 is 23.7 Å². The fraction of sp³-hybridized carbons (Fsp3) is 0.400. The number of ether oxygens (including phenoxy) is 1. The molecule has 2 aromatic rings. The van der Waals surface area contributed by atoms with Crippen molar-refractivity contribution in [3.63, 3.8) is 0 Å². The van der Waals surface area contributed by atoms with Crippen LogP contribution in [0.15, 0.2) is 41.1 Å². The third-order valence-electron chi connectivity index (χ3n) is 4.53. The molecule has 1 heterocycles. The zero-order valence-electron chi connectivity index (χ0n) is 16.4. The Hall–Kier alpha value is -2.81. The largest absolute Gasteiger partial charge is 0.497 e. The summed E-state index contributed by atoms with van der Waals surface area (Å²) in [5.74, 6) is 1.03. The van der Waals surface area contributed by atoms with Crippen LogP contribution >= 0.6 is 11.8 Å². The van der Waals surface area contributed by atoms with Gasteiger partial charge in [0.15, 0.2) is 5.82 Å². The van der Waals surface area contributed by atoms with Crippen LogP contribution in [0.2, 0.25) is 0 Å². The fourth-order valence-corrected chi connectivity index (χ4v) is 3.59. The standard InChI is InChI=1S/C20H25N5O3S/c1-28-16-9-7-15(8-10-16)18-23-20(25-24-18)29-13-17(26)22-19(27)21-12-11-14-5-3-2-4-6-14/h5,7-10H,2-4,6,11-13H2,1H3,(H,23,24,25)(H2,21,22,26,27). The summed E-state index contributed by atoms with van der Waals surface area (Å²) in [4.78, 5) is 28.1. The van der Waals surface area contributed by atoms with E-state index in [4.69, 9.17) is 4.74 Å². The maximum atomic E-state index is 12.0. The second kappa shape index (κ2) is 10.7. The van der Waals surface area contributed by atoms with Crippen molar-refractivity contribution in [2.45, 2.75) is 37.3 Å². The monoisotopic (exact) mass is 415 g/mol. The number of nitrogens with zero attached hydrogens (tertiary/aromatic N) is 2. The average molecular weight is 416 g/mol. The third-order valence-corrected chi connectivity index (χ3v) is 5.38. The van der Waals surface area contributed by atoms with Gasteiger partial charge < -0.3 is 10.1 Å². The van der Waals surface area contributed by atoms with Gasteiger partial charge in [-0.1, -0.05) is 23.4 Å². The van der Waals surface area contributed by atoms with Crippen molar-refractivity contribution in [3.8, 4) is 17.1 Å². The fourth-order valence-electron chi connectivity index (χ4n) is 2.99. The van der Waals surface area contributed by atoms with Gasteiger partial charge in [0, 0.05) is 12.1 Å². The highest BCUT2D eigenvalue weighted by Crippen LogP contribution is 2.21. The van der Waals surface area contributed by atoms with Crippen LogP contribution in [0.4, 0.5) is 4.79 Å². The maximum Gasteiger partial charge on any atom is 0.321 e. The van der Waals surface area contributed by atoms with E-state index in [1.165, 1.54) is 18.4 Å². The van der Waals surface area contributed by atoms with Crippen molar-refractivity contribution in [2.75, 3.05) is 19.4 Å². The Morgan fingerprint density at radius 2 is 2.07 bits per heavy atom. The SMILES string of the molecule is COc1ccc(-c2nc(SCC(=O)NC(=O)NCCC3=CCCCC3)n[nH]2)cc1. The van der Waals surface area contributed by atoms with Crippen LogP contribution in [0.3, 0.4) is 0 Å². The molecule has 0 saturated heterocycles. The molecule has 0 aliphatic heterocycles. The topological polar surface area (TPSA) is 109 Å². The number of thioether (sulfide) groups is 1. The van der Waals surface area contributed by atoms with E-state index < -0.39 is 6.03 Å². The van der Waals surface area contributed by atoms with Gasteiger partial charge in [-0.05, 0) is 56.4 Å². The number of hydrogen-bond donors (Lipinski definition) is 3. The molecule has 1 aromatic heterocycles. The van der Waals surface area contributed by atoms with Crippen LogP contribution in [0.25, 0.3) is 11.4 Å². The predicted octanol–water partition coefficient (Wildman–Crippen LogP) is 3.29. The van der Waals surface area contributed by atoms with Crippen LogP contribution in [-0.2, 0) is 4.79 Å². The number of hydrogen-bond acceptors (Lipinski definition) is 6. The molecule has 0 atom stereocenters. The summed E-state index contributed by atoms with van der Waals surface area (Å²) in [7, 11) is 1.61. The molecule has 3 N–H and O–H groups in total. The lowest BCUT2D eigenvalue weighted by Crippen LogP contribution is -2.40. The highest BCUT2D eigenvalue weighted by Gasteiger charge is 2.12. The normalized spacial score (nSPS) is 13.5. The number of H-pyrrole nitrogens is 1. The highest BCUT2D eigenvalue weighted by atomic mass is 32.2. The van der Waals surface area contributed by atoms with Crippen LogP contribution in [0, 0.1) is 0 Å². The number of nitrogens with one attached hydrogen (secondary N) is 3. The molecule has 1 aliphatic carbocycles. The van der Waals surface area contributed by atoms with Crippen molar-refractivity contribution < 1.29 is 14.3 Å². The molecular weight excluding hydrogens is 390 g/mol. The highest BCUT2D eigenvalue weighted by molar-refractivity contribution is 7.99. The molecule has 1 aliphatic rings. The maximum absolute atomic E-state index is 12.0. The molecule has 0 bridgehead atoms. The molecule has 3 amide bonds. The first-order valence-corrected chi connectivity index (χ1v) is 10.6. The summed E-state index contributed by atoms with van der Waals surface area (Å²) < 4.78 is 5.13. The van der Waals surface area contributed by atoms with E-state index in [0.29, 0.717) is 17.5 Å². The van der Waals surface area contributed by atoms with Gasteiger partial charge in [0.1, 0.15) is 5.75 Å². The lowest BCUT2D eigenvalue weighted by Gasteiger charge is -2.13. The van der Waals surface area contributed by atoms with Gasteiger partial charge in [0.25, 0.3) is 0 Å². The minimum Gasteiger partial charge on any atom is -0.497 e. The van der Waals surface area contributed by atoms with Gasteiger partial charge in [0.05, 0.1) is 12.9 Å². The Kier molecular flexibility index (Phi) is 7.69. The quantitative estimate of drug-likeness (QED) is 0.451. The molecule has 8 nitrogen and oxygen atoms in total. The molecular formula is C20H25N5O3S. The van der Waals surface area contributed by atoms with Crippen molar-refractivity contribution in [2.24, 2.45) is 0 Å². The minimum atomic E-state index is -0.471. The lowest BCUT2D eigenvalue weighted by molar-refractivity contribution is -0.117. The molecule has 9 heteroatoms. The number of aromatic amines is 1. The van der Waals surface area contributed by atoms with Gasteiger partial charge in [0.2, 0.25) is 11.1 Å². The minimum absolute atomic E-state index is 0.0540. The number of carbonyl (C=O) groups excluding carboxylic acids is 2. The molecule has 154 valence electrons. The number of rotatable bonds is 8. The first-order chi connectivity index (χ1) is 14.1. The Bertz CT molecular complexity index is 863. The number of imide groups is 1. The van der Waals surface area contributed by atoms with Crippen LogP contribution in [-0.4, -0.2) is 46.5 Å². The van der Waals surface area contributed by atoms with Crippen molar-refractivity contribution in [1.82, 2.24) is 25.8 Å². The Balaban J connectivity index is 1.38. The van der Waals surface area contributed by atoms with Crippen LogP contribution in [0.1, 0.15) is 32.1 Å². The van der Waals surface area contributed by atoms with Crippen molar-refractivity contribution in [3.05, 3.63) is 35.9 Å². The molecule has 1 aromatic carbocycles. The summed E-state index contributed by atoms with van der Waals surface area (Å²) in [6, 6.07) is 6.94. The van der Waals surface area contributed by atoms with Gasteiger partial charge in [-0.3, -0.25) is 15.2 Å². The van der Waals surface area contributed by atoms with E-state index in [9.17, 15) is 9.59 Å². The average Bonchev–Trinajstić information content (AvgIpc) is 3.22. The van der Waals surface area contributed by atoms with E-state index in [0.717, 1.165) is 42.3 Å². The van der Waals surface area contributed by atoms with Crippen molar-refractivity contribution in [1.29, 1.82) is 0 Å². The Morgan fingerprint density at radius 3 is 2.79 bits per heavy atom. The smallest absolute Gasteiger partial charge is 0.321 e. The lowest BCUT2D eigenvalue weighted by atomic mass is 9.97. The van der Waals surface area contributed by atoms with E-state index in [1.807, 2.05) is 24.3 Å². The zero-order valence-corrected chi connectivity index (χ0v) is 17.2. The molecule has 0 unspecified atom stereocenters. The molecule has 0 radical (unpaired) electrons. The number of methoxy groups -OCH3 is 1. The van der Waals surface area contributed by atoms with Gasteiger partial charge in [-0.25, -0.2) is 9.78 Å². The number of benzene rings is 1. The zero-order chi connectivity index (χ0) is 20.5. The number of aromatic nitrogens is 3. The van der Waals surface area contributed by atoms with Crippen LogP contribution in [0.5, 0.6) is 5.75 Å². The van der Waals surface area contributed by atoms with Gasteiger partial charge in [-0.2, -0.15) is 0 Å². The van der Waals surface area contributed by atoms with E-state index in [2.05, 4.69) is 31.9 Å². The first kappa shape index (κ1) is 20.9. The molecule has 0 fully saturated rings. The number of urea groups is 1. The third kappa shape index (κ3) is 6.63. The number of allylic oxidation sites excluding steroid dienone is 1. The summed E-state index contributed by atoms with van der Waals surface area (Å²) in [5, 5.41) is 12.4.